The van der Waals surface area contributed by atoms with Crippen molar-refractivity contribution in [1.82, 2.24) is 0 Å². The zero-order valence-electron chi connectivity index (χ0n) is 8.13. The molecule has 7 heteroatoms. The molecule has 0 aromatic rings. The standard InChI is InChI=1S/C7H14F3O3P/c1-3-4-5-13-14(11,12-2)6-7(8,9)10/h3-6H2,1-2H3. The summed E-state index contributed by atoms with van der Waals surface area (Å²) in [7, 11) is -3.02. The minimum atomic E-state index is -4.53. The van der Waals surface area contributed by atoms with E-state index in [4.69, 9.17) is 0 Å². The van der Waals surface area contributed by atoms with Crippen molar-refractivity contribution in [2.24, 2.45) is 0 Å². The summed E-state index contributed by atoms with van der Waals surface area (Å²) < 4.78 is 55.9. The van der Waals surface area contributed by atoms with Crippen molar-refractivity contribution in [1.29, 1.82) is 0 Å². The maximum atomic E-state index is 11.9. The number of hydrogen-bond acceptors (Lipinski definition) is 3. The lowest BCUT2D eigenvalue weighted by Crippen LogP contribution is -2.16. The van der Waals surface area contributed by atoms with Crippen LogP contribution in [0.15, 0.2) is 0 Å². The molecule has 0 saturated carbocycles. The Labute approximate surface area is 81.1 Å². The van der Waals surface area contributed by atoms with Crippen molar-refractivity contribution >= 4 is 7.60 Å². The lowest BCUT2D eigenvalue weighted by molar-refractivity contribution is -0.110. The summed E-state index contributed by atoms with van der Waals surface area (Å²) in [6, 6.07) is 0. The highest BCUT2D eigenvalue weighted by atomic mass is 31.2. The van der Waals surface area contributed by atoms with E-state index in [1.54, 1.807) is 0 Å². The zero-order chi connectivity index (χ0) is 11.2. The second-order valence-electron chi connectivity index (χ2n) is 2.75. The number of unbranched alkanes of at least 4 members (excludes halogenated alkanes) is 1. The number of alkyl halides is 3. The fourth-order valence-corrected chi connectivity index (χ4v) is 1.90. The zero-order valence-corrected chi connectivity index (χ0v) is 9.03. The molecule has 1 unspecified atom stereocenters. The molecule has 86 valence electrons. The van der Waals surface area contributed by atoms with E-state index in [1.807, 2.05) is 6.92 Å². The van der Waals surface area contributed by atoms with Crippen LogP contribution >= 0.6 is 7.60 Å². The van der Waals surface area contributed by atoms with E-state index in [0.29, 0.717) is 6.42 Å². The maximum Gasteiger partial charge on any atom is 0.400 e. The number of rotatable bonds is 6. The van der Waals surface area contributed by atoms with Crippen LogP contribution in [0, 0.1) is 0 Å². The Balaban J connectivity index is 4.12. The third-order valence-electron chi connectivity index (χ3n) is 1.44. The Kier molecular flexibility index (Phi) is 5.71. The van der Waals surface area contributed by atoms with Gasteiger partial charge < -0.3 is 9.05 Å². The van der Waals surface area contributed by atoms with Gasteiger partial charge in [-0.1, -0.05) is 13.3 Å². The molecule has 0 bridgehead atoms. The highest BCUT2D eigenvalue weighted by Crippen LogP contribution is 2.51. The first kappa shape index (κ1) is 13.9. The van der Waals surface area contributed by atoms with Gasteiger partial charge in [0.2, 0.25) is 0 Å². The molecule has 0 spiro atoms. The lowest BCUT2D eigenvalue weighted by Gasteiger charge is -2.17. The van der Waals surface area contributed by atoms with Crippen molar-refractivity contribution in [2.45, 2.75) is 25.9 Å². The summed E-state index contributed by atoms with van der Waals surface area (Å²) in [4.78, 5) is 0. The van der Waals surface area contributed by atoms with Crippen LogP contribution in [0.2, 0.25) is 0 Å². The third-order valence-corrected chi connectivity index (χ3v) is 3.32. The second-order valence-corrected chi connectivity index (χ2v) is 4.91. The summed E-state index contributed by atoms with van der Waals surface area (Å²) in [5, 5.41) is 0. The topological polar surface area (TPSA) is 35.5 Å². The predicted molar refractivity (Wildman–Crippen MR) is 46.4 cm³/mol. The third kappa shape index (κ3) is 6.40. The molecule has 0 aliphatic heterocycles. The van der Waals surface area contributed by atoms with Crippen LogP contribution < -0.4 is 0 Å². The highest BCUT2D eigenvalue weighted by molar-refractivity contribution is 7.53. The van der Waals surface area contributed by atoms with Crippen molar-refractivity contribution in [2.75, 3.05) is 19.9 Å². The monoisotopic (exact) mass is 234 g/mol. The first-order valence-electron chi connectivity index (χ1n) is 4.19. The van der Waals surface area contributed by atoms with Crippen LogP contribution in [0.3, 0.4) is 0 Å². The predicted octanol–water partition coefficient (Wildman–Crippen LogP) is 3.20. The van der Waals surface area contributed by atoms with Crippen LogP contribution in [0.25, 0.3) is 0 Å². The Morgan fingerprint density at radius 3 is 2.29 bits per heavy atom. The summed E-state index contributed by atoms with van der Waals surface area (Å²) in [5.74, 6) is 0. The van der Waals surface area contributed by atoms with E-state index in [0.717, 1.165) is 13.5 Å². The van der Waals surface area contributed by atoms with Crippen LogP contribution in [0.5, 0.6) is 0 Å². The lowest BCUT2D eigenvalue weighted by atomic mass is 10.4. The Bertz CT molecular complexity index is 205. The second kappa shape index (κ2) is 5.73. The summed E-state index contributed by atoms with van der Waals surface area (Å²) >= 11 is 0. The van der Waals surface area contributed by atoms with Gasteiger partial charge in [0.15, 0.2) is 0 Å². The summed E-state index contributed by atoms with van der Waals surface area (Å²) in [6.45, 7) is 1.88. The van der Waals surface area contributed by atoms with E-state index in [9.17, 15) is 17.7 Å². The van der Waals surface area contributed by atoms with E-state index in [1.165, 1.54) is 0 Å². The molecule has 3 nitrogen and oxygen atoms in total. The van der Waals surface area contributed by atoms with E-state index >= 15 is 0 Å². The van der Waals surface area contributed by atoms with Crippen LogP contribution in [-0.4, -0.2) is 26.1 Å². The minimum Gasteiger partial charge on any atom is -0.312 e. The van der Waals surface area contributed by atoms with Crippen molar-refractivity contribution < 1.29 is 26.8 Å². The van der Waals surface area contributed by atoms with Crippen LogP contribution in [-0.2, 0) is 13.6 Å². The van der Waals surface area contributed by atoms with E-state index in [2.05, 4.69) is 9.05 Å². The first-order valence-corrected chi connectivity index (χ1v) is 5.92. The molecule has 0 saturated heterocycles. The SMILES string of the molecule is CCCCOP(=O)(CC(F)(F)F)OC. The van der Waals surface area contributed by atoms with Gasteiger partial charge >= 0.3 is 13.8 Å². The molecule has 0 radical (unpaired) electrons. The molecule has 0 aliphatic rings. The molecule has 0 aromatic carbocycles. The van der Waals surface area contributed by atoms with E-state index < -0.39 is 19.9 Å². The van der Waals surface area contributed by atoms with Gasteiger partial charge in [-0.15, -0.1) is 0 Å². The Morgan fingerprint density at radius 1 is 1.36 bits per heavy atom. The van der Waals surface area contributed by atoms with Crippen LogP contribution in [0.1, 0.15) is 19.8 Å². The van der Waals surface area contributed by atoms with Gasteiger partial charge in [0.25, 0.3) is 0 Å². The minimum absolute atomic E-state index is 0.0255. The van der Waals surface area contributed by atoms with Gasteiger partial charge in [-0.05, 0) is 6.42 Å². The summed E-state index contributed by atoms with van der Waals surface area (Å²) in [6.07, 6.45) is -4.74. The molecular formula is C7H14F3O3P. The quantitative estimate of drug-likeness (QED) is 0.523. The molecular weight excluding hydrogens is 220 g/mol. The Hall–Kier alpha value is -0.0600. The van der Waals surface area contributed by atoms with Crippen molar-refractivity contribution in [3.8, 4) is 0 Å². The summed E-state index contributed by atoms with van der Waals surface area (Å²) in [5.41, 5.74) is 0. The molecule has 0 aromatic heterocycles. The number of halogens is 3. The Morgan fingerprint density at radius 2 is 1.93 bits per heavy atom. The average Bonchev–Trinajstić information content (AvgIpc) is 2.02. The van der Waals surface area contributed by atoms with Crippen molar-refractivity contribution in [3.05, 3.63) is 0 Å². The normalized spacial score (nSPS) is 16.6. The average molecular weight is 234 g/mol. The van der Waals surface area contributed by atoms with Gasteiger partial charge in [-0.2, -0.15) is 13.2 Å². The van der Waals surface area contributed by atoms with E-state index in [-0.39, 0.29) is 6.61 Å². The first-order chi connectivity index (χ1) is 6.33. The molecule has 0 aliphatic carbocycles. The van der Waals surface area contributed by atoms with Crippen LogP contribution in [0.4, 0.5) is 13.2 Å². The fraction of sp³-hybridized carbons (Fsp3) is 1.00. The fourth-order valence-electron chi connectivity index (χ4n) is 0.730. The largest absolute Gasteiger partial charge is 0.400 e. The molecule has 0 fully saturated rings. The molecule has 0 amide bonds. The smallest absolute Gasteiger partial charge is 0.312 e. The molecule has 1 atom stereocenters. The molecule has 0 heterocycles. The molecule has 0 N–H and O–H groups in total. The van der Waals surface area contributed by atoms with Gasteiger partial charge in [-0.3, -0.25) is 4.57 Å². The van der Waals surface area contributed by atoms with Gasteiger partial charge in [0.05, 0.1) is 6.61 Å². The molecule has 0 rings (SSSR count). The highest BCUT2D eigenvalue weighted by Gasteiger charge is 2.40. The van der Waals surface area contributed by atoms with Gasteiger partial charge in [0, 0.05) is 7.11 Å². The number of hydrogen-bond donors (Lipinski definition) is 0. The van der Waals surface area contributed by atoms with Crippen molar-refractivity contribution in [3.63, 3.8) is 0 Å². The van der Waals surface area contributed by atoms with Gasteiger partial charge in [-0.25, -0.2) is 0 Å². The van der Waals surface area contributed by atoms with Gasteiger partial charge in [0.1, 0.15) is 6.16 Å². The maximum absolute atomic E-state index is 11.9. The molecule has 14 heavy (non-hydrogen) atoms.